The van der Waals surface area contributed by atoms with Crippen molar-refractivity contribution in [3.63, 3.8) is 0 Å². The highest BCUT2D eigenvalue weighted by molar-refractivity contribution is 9.10. The Balaban J connectivity index is 1.41. The van der Waals surface area contributed by atoms with E-state index in [4.69, 9.17) is 4.74 Å². The van der Waals surface area contributed by atoms with Gasteiger partial charge in [0, 0.05) is 0 Å². The lowest BCUT2D eigenvalue weighted by Crippen LogP contribution is -2.36. The van der Waals surface area contributed by atoms with E-state index in [1.54, 1.807) is 18.2 Å². The van der Waals surface area contributed by atoms with Gasteiger partial charge in [-0.2, -0.15) is 0 Å². The molecule has 1 N–H and O–H groups in total. The number of hydrogen-bond acceptors (Lipinski definition) is 5. The number of amides is 3. The molecular formula is C25H16BrF3N2O4S. The van der Waals surface area contributed by atoms with Crippen molar-refractivity contribution in [2.45, 2.75) is 6.61 Å². The van der Waals surface area contributed by atoms with Gasteiger partial charge in [0.05, 0.1) is 15.1 Å². The topological polar surface area (TPSA) is 75.7 Å². The van der Waals surface area contributed by atoms with Crippen LogP contribution >= 0.6 is 27.7 Å². The summed E-state index contributed by atoms with van der Waals surface area (Å²) in [5.41, 5.74) is 0.993. The average Bonchev–Trinajstić information content (AvgIpc) is 3.11. The molecule has 11 heteroatoms. The number of carbonyl (C=O) groups excluding carboxylic acids is 3. The van der Waals surface area contributed by atoms with Crippen LogP contribution in [0.1, 0.15) is 11.1 Å². The number of anilines is 1. The summed E-state index contributed by atoms with van der Waals surface area (Å²) >= 11 is 4.07. The SMILES string of the molecule is O=C(CN1C(=O)S/C(=C/c2ccc(OCc3ccccc3)c(Br)c2)C1=O)Nc1ccc(F)c(F)c1F. The zero-order chi connectivity index (χ0) is 25.8. The third-order valence-electron chi connectivity index (χ3n) is 4.98. The zero-order valence-electron chi connectivity index (χ0n) is 18.3. The van der Waals surface area contributed by atoms with E-state index >= 15 is 0 Å². The number of imide groups is 1. The quantitative estimate of drug-likeness (QED) is 0.271. The number of rotatable bonds is 7. The minimum Gasteiger partial charge on any atom is -0.488 e. The van der Waals surface area contributed by atoms with Gasteiger partial charge in [-0.05, 0) is 69.2 Å². The van der Waals surface area contributed by atoms with E-state index in [1.165, 1.54) is 6.08 Å². The summed E-state index contributed by atoms with van der Waals surface area (Å²) in [5, 5.41) is 1.33. The number of nitrogens with one attached hydrogen (secondary N) is 1. The molecule has 3 aromatic rings. The third kappa shape index (κ3) is 5.80. The maximum Gasteiger partial charge on any atom is 0.294 e. The second-order valence-electron chi connectivity index (χ2n) is 7.50. The molecule has 1 saturated heterocycles. The maximum absolute atomic E-state index is 13.8. The third-order valence-corrected chi connectivity index (χ3v) is 6.50. The summed E-state index contributed by atoms with van der Waals surface area (Å²) in [4.78, 5) is 38.0. The molecular weight excluding hydrogens is 561 g/mol. The fourth-order valence-corrected chi connectivity index (χ4v) is 4.55. The largest absolute Gasteiger partial charge is 0.488 e. The van der Waals surface area contributed by atoms with Crippen molar-refractivity contribution in [1.82, 2.24) is 4.90 Å². The van der Waals surface area contributed by atoms with E-state index in [9.17, 15) is 27.6 Å². The number of carbonyl (C=O) groups is 3. The fourth-order valence-electron chi connectivity index (χ4n) is 3.20. The predicted molar refractivity (Wildman–Crippen MR) is 133 cm³/mol. The number of halogens is 4. The Kier molecular flexibility index (Phi) is 7.80. The lowest BCUT2D eigenvalue weighted by Gasteiger charge is -2.13. The molecule has 1 aliphatic heterocycles. The van der Waals surface area contributed by atoms with Crippen molar-refractivity contribution in [2.75, 3.05) is 11.9 Å². The van der Waals surface area contributed by atoms with Crippen molar-refractivity contribution in [3.8, 4) is 5.75 Å². The number of ether oxygens (including phenoxy) is 1. The minimum atomic E-state index is -1.75. The molecule has 184 valence electrons. The molecule has 0 unspecified atom stereocenters. The minimum absolute atomic E-state index is 0.0802. The van der Waals surface area contributed by atoms with Crippen LogP contribution in [0.2, 0.25) is 0 Å². The standard InChI is InChI=1S/C25H16BrF3N2O4S/c26-16-10-15(6-9-19(16)35-13-14-4-2-1-3-5-14)11-20-24(33)31(25(34)36-20)12-21(32)30-18-8-7-17(27)22(28)23(18)29/h1-11H,12-13H2,(H,30,32)/b20-11+. The van der Waals surface area contributed by atoms with Crippen LogP contribution in [0.5, 0.6) is 5.75 Å². The van der Waals surface area contributed by atoms with Gasteiger partial charge in [0.2, 0.25) is 5.91 Å². The van der Waals surface area contributed by atoms with E-state index in [-0.39, 0.29) is 4.91 Å². The summed E-state index contributed by atoms with van der Waals surface area (Å²) < 4.78 is 46.6. The second-order valence-corrected chi connectivity index (χ2v) is 9.35. The second kappa shape index (κ2) is 11.0. The monoisotopic (exact) mass is 576 g/mol. The van der Waals surface area contributed by atoms with Gasteiger partial charge < -0.3 is 10.1 Å². The Morgan fingerprint density at radius 1 is 1.03 bits per heavy atom. The summed E-state index contributed by atoms with van der Waals surface area (Å²) in [6, 6.07) is 16.2. The van der Waals surface area contributed by atoms with Gasteiger partial charge in [-0.25, -0.2) is 13.2 Å². The predicted octanol–water partition coefficient (Wildman–Crippen LogP) is 6.12. The molecule has 0 spiro atoms. The van der Waals surface area contributed by atoms with Gasteiger partial charge in [0.15, 0.2) is 17.5 Å². The first-order valence-corrected chi connectivity index (χ1v) is 12.0. The highest BCUT2D eigenvalue weighted by Gasteiger charge is 2.36. The summed E-state index contributed by atoms with van der Waals surface area (Å²) in [6.07, 6.45) is 1.49. The van der Waals surface area contributed by atoms with Crippen molar-refractivity contribution in [3.05, 3.63) is 98.6 Å². The maximum atomic E-state index is 13.8. The Bertz CT molecular complexity index is 1390. The Morgan fingerprint density at radius 2 is 1.78 bits per heavy atom. The van der Waals surface area contributed by atoms with Gasteiger partial charge in [-0.1, -0.05) is 36.4 Å². The van der Waals surface area contributed by atoms with Gasteiger partial charge >= 0.3 is 0 Å². The molecule has 0 saturated carbocycles. The smallest absolute Gasteiger partial charge is 0.294 e. The summed E-state index contributed by atoms with van der Waals surface area (Å²) in [5.74, 6) is -5.82. The first-order chi connectivity index (χ1) is 17.2. The molecule has 0 atom stereocenters. The van der Waals surface area contributed by atoms with Crippen molar-refractivity contribution in [2.24, 2.45) is 0 Å². The van der Waals surface area contributed by atoms with Gasteiger partial charge in [-0.3, -0.25) is 19.3 Å². The van der Waals surface area contributed by atoms with Crippen LogP contribution in [0.15, 0.2) is 70.0 Å². The number of hydrogen-bond donors (Lipinski definition) is 1. The number of nitrogens with zero attached hydrogens (tertiary/aromatic N) is 1. The van der Waals surface area contributed by atoms with Crippen molar-refractivity contribution >= 4 is 56.5 Å². The van der Waals surface area contributed by atoms with Crippen LogP contribution in [0.3, 0.4) is 0 Å². The van der Waals surface area contributed by atoms with Crippen LogP contribution in [-0.4, -0.2) is 28.5 Å². The highest BCUT2D eigenvalue weighted by Crippen LogP contribution is 2.34. The summed E-state index contributed by atoms with van der Waals surface area (Å²) in [6.45, 7) is -0.357. The van der Waals surface area contributed by atoms with E-state index in [1.807, 2.05) is 35.6 Å². The number of thioether (sulfide) groups is 1. The first kappa shape index (κ1) is 25.5. The van der Waals surface area contributed by atoms with Crippen LogP contribution < -0.4 is 10.1 Å². The molecule has 1 aliphatic rings. The lowest BCUT2D eigenvalue weighted by atomic mass is 10.2. The summed E-state index contributed by atoms with van der Waals surface area (Å²) in [7, 11) is 0. The van der Waals surface area contributed by atoms with E-state index in [0.29, 0.717) is 45.1 Å². The molecule has 6 nitrogen and oxygen atoms in total. The van der Waals surface area contributed by atoms with E-state index < -0.39 is 46.7 Å². The first-order valence-electron chi connectivity index (χ1n) is 10.4. The molecule has 36 heavy (non-hydrogen) atoms. The van der Waals surface area contributed by atoms with Crippen molar-refractivity contribution in [1.29, 1.82) is 0 Å². The molecule has 0 aromatic heterocycles. The molecule has 1 heterocycles. The molecule has 3 aromatic carbocycles. The van der Waals surface area contributed by atoms with Crippen LogP contribution in [-0.2, 0) is 16.2 Å². The van der Waals surface area contributed by atoms with Crippen LogP contribution in [0.25, 0.3) is 6.08 Å². The molecule has 3 amide bonds. The zero-order valence-corrected chi connectivity index (χ0v) is 20.7. The highest BCUT2D eigenvalue weighted by atomic mass is 79.9. The Morgan fingerprint density at radius 3 is 2.50 bits per heavy atom. The van der Waals surface area contributed by atoms with Gasteiger partial charge in [0.25, 0.3) is 11.1 Å². The van der Waals surface area contributed by atoms with Crippen molar-refractivity contribution < 1.29 is 32.3 Å². The molecule has 0 aliphatic carbocycles. The normalized spacial score (nSPS) is 14.4. The fraction of sp³-hybridized carbons (Fsp3) is 0.0800. The van der Waals surface area contributed by atoms with Crippen LogP contribution in [0, 0.1) is 17.5 Å². The van der Waals surface area contributed by atoms with Gasteiger partial charge in [-0.15, -0.1) is 0 Å². The average molecular weight is 577 g/mol. The molecule has 1 fully saturated rings. The lowest BCUT2D eigenvalue weighted by molar-refractivity contribution is -0.127. The van der Waals surface area contributed by atoms with E-state index in [0.717, 1.165) is 11.6 Å². The Labute approximate surface area is 216 Å². The Hall–Kier alpha value is -3.57. The van der Waals surface area contributed by atoms with Gasteiger partial charge in [0.1, 0.15) is 18.9 Å². The number of benzene rings is 3. The molecule has 4 rings (SSSR count). The molecule has 0 bridgehead atoms. The molecule has 0 radical (unpaired) electrons. The van der Waals surface area contributed by atoms with E-state index in [2.05, 4.69) is 15.9 Å². The van der Waals surface area contributed by atoms with Crippen LogP contribution in [0.4, 0.5) is 23.7 Å².